The molecule has 2 amide bonds. The molecule has 1 aromatic carbocycles. The average Bonchev–Trinajstić information content (AvgIpc) is 2.59. The van der Waals surface area contributed by atoms with Crippen molar-refractivity contribution in [3.8, 4) is 0 Å². The summed E-state index contributed by atoms with van der Waals surface area (Å²) in [7, 11) is 0. The van der Waals surface area contributed by atoms with Crippen molar-refractivity contribution in [3.63, 3.8) is 0 Å². The van der Waals surface area contributed by atoms with E-state index in [9.17, 15) is 13.6 Å². The number of carbonyl (C=O) groups is 1. The highest BCUT2D eigenvalue weighted by Gasteiger charge is 2.14. The lowest BCUT2D eigenvalue weighted by Crippen LogP contribution is -2.32. The second-order valence-electron chi connectivity index (χ2n) is 6.30. The minimum Gasteiger partial charge on any atom is -0.357 e. The molecular formula is C18H21F2N5O. The average molecular weight is 361 g/mol. The van der Waals surface area contributed by atoms with Crippen molar-refractivity contribution in [2.75, 3.05) is 23.3 Å². The summed E-state index contributed by atoms with van der Waals surface area (Å²) in [6, 6.07) is 4.18. The van der Waals surface area contributed by atoms with E-state index >= 15 is 0 Å². The van der Waals surface area contributed by atoms with E-state index in [1.165, 1.54) is 6.42 Å². The standard InChI is InChI=1S/C18H21F2N5O/c1-12-7-17(25-5-3-2-4-6-25)24-16(22-12)11-21-18(26)23-15-9-13(19)8-14(20)10-15/h7-10H,2-6,11H2,1H3,(H2,21,23,26). The molecule has 0 unspecified atom stereocenters. The van der Waals surface area contributed by atoms with Gasteiger partial charge in [-0.15, -0.1) is 0 Å². The van der Waals surface area contributed by atoms with Gasteiger partial charge in [-0.25, -0.2) is 23.5 Å². The van der Waals surface area contributed by atoms with Gasteiger partial charge >= 0.3 is 6.03 Å². The van der Waals surface area contributed by atoms with E-state index < -0.39 is 17.7 Å². The number of anilines is 2. The summed E-state index contributed by atoms with van der Waals surface area (Å²) < 4.78 is 26.3. The van der Waals surface area contributed by atoms with Crippen molar-refractivity contribution in [1.29, 1.82) is 0 Å². The first-order valence-electron chi connectivity index (χ1n) is 8.60. The third-order valence-electron chi connectivity index (χ3n) is 4.09. The van der Waals surface area contributed by atoms with Gasteiger partial charge in [0.05, 0.1) is 6.54 Å². The van der Waals surface area contributed by atoms with E-state index in [2.05, 4.69) is 25.5 Å². The normalized spacial score (nSPS) is 14.2. The second-order valence-corrected chi connectivity index (χ2v) is 6.30. The number of piperidine rings is 1. The number of halogens is 2. The van der Waals surface area contributed by atoms with Gasteiger partial charge in [-0.1, -0.05) is 0 Å². The van der Waals surface area contributed by atoms with Gasteiger partial charge in [0.15, 0.2) is 0 Å². The van der Waals surface area contributed by atoms with E-state index in [-0.39, 0.29) is 12.2 Å². The summed E-state index contributed by atoms with van der Waals surface area (Å²) in [6.07, 6.45) is 3.52. The van der Waals surface area contributed by atoms with Gasteiger partial charge in [-0.2, -0.15) is 0 Å². The first-order chi connectivity index (χ1) is 12.5. The van der Waals surface area contributed by atoms with Gasteiger partial charge in [0.25, 0.3) is 0 Å². The molecule has 26 heavy (non-hydrogen) atoms. The summed E-state index contributed by atoms with van der Waals surface area (Å²) >= 11 is 0. The monoisotopic (exact) mass is 361 g/mol. The number of urea groups is 1. The Morgan fingerprint density at radius 2 is 1.77 bits per heavy atom. The van der Waals surface area contributed by atoms with Crippen LogP contribution < -0.4 is 15.5 Å². The van der Waals surface area contributed by atoms with Gasteiger partial charge in [0.2, 0.25) is 0 Å². The van der Waals surface area contributed by atoms with Crippen LogP contribution in [0.2, 0.25) is 0 Å². The Balaban J connectivity index is 1.61. The van der Waals surface area contributed by atoms with Crippen LogP contribution in [0.5, 0.6) is 0 Å². The molecule has 0 bridgehead atoms. The molecule has 8 heteroatoms. The van der Waals surface area contributed by atoms with Gasteiger partial charge in [0.1, 0.15) is 23.3 Å². The lowest BCUT2D eigenvalue weighted by molar-refractivity contribution is 0.251. The quantitative estimate of drug-likeness (QED) is 0.876. The van der Waals surface area contributed by atoms with Crippen LogP contribution in [0.1, 0.15) is 30.8 Å². The number of nitrogens with zero attached hydrogens (tertiary/aromatic N) is 3. The van der Waals surface area contributed by atoms with Crippen molar-refractivity contribution in [3.05, 3.63) is 47.4 Å². The van der Waals surface area contributed by atoms with Crippen LogP contribution in [-0.4, -0.2) is 29.1 Å². The summed E-state index contributed by atoms with van der Waals surface area (Å²) in [5.74, 6) is -0.158. The highest BCUT2D eigenvalue weighted by molar-refractivity contribution is 5.89. The number of carbonyl (C=O) groups excluding carboxylic acids is 1. The van der Waals surface area contributed by atoms with Crippen molar-refractivity contribution < 1.29 is 13.6 Å². The van der Waals surface area contributed by atoms with Gasteiger partial charge in [-0.05, 0) is 38.3 Å². The predicted molar refractivity (Wildman–Crippen MR) is 95.0 cm³/mol. The number of benzene rings is 1. The van der Waals surface area contributed by atoms with Crippen LogP contribution in [0.3, 0.4) is 0 Å². The fraction of sp³-hybridized carbons (Fsp3) is 0.389. The molecule has 1 aromatic heterocycles. The Hall–Kier alpha value is -2.77. The van der Waals surface area contributed by atoms with Gasteiger partial charge in [-0.3, -0.25) is 0 Å². The number of hydrogen-bond acceptors (Lipinski definition) is 4. The molecule has 0 radical (unpaired) electrons. The lowest BCUT2D eigenvalue weighted by atomic mass is 10.1. The first-order valence-corrected chi connectivity index (χ1v) is 8.60. The number of hydrogen-bond donors (Lipinski definition) is 2. The van der Waals surface area contributed by atoms with E-state index in [0.717, 1.165) is 55.6 Å². The number of aryl methyl sites for hydroxylation is 1. The van der Waals surface area contributed by atoms with Gasteiger partial charge in [0, 0.05) is 36.6 Å². The lowest BCUT2D eigenvalue weighted by Gasteiger charge is -2.28. The Bertz CT molecular complexity index is 773. The zero-order chi connectivity index (χ0) is 18.5. The predicted octanol–water partition coefficient (Wildman–Crippen LogP) is 3.38. The Labute approximate surface area is 150 Å². The van der Waals surface area contributed by atoms with E-state index in [0.29, 0.717) is 5.82 Å². The summed E-state index contributed by atoms with van der Waals surface area (Å²) in [6.45, 7) is 3.93. The number of aromatic nitrogens is 2. The smallest absolute Gasteiger partial charge is 0.319 e. The van der Waals surface area contributed by atoms with Crippen molar-refractivity contribution >= 4 is 17.5 Å². The van der Waals surface area contributed by atoms with E-state index in [4.69, 9.17) is 0 Å². The molecule has 0 spiro atoms. The Morgan fingerprint density at radius 3 is 2.46 bits per heavy atom. The minimum absolute atomic E-state index is 0.0409. The van der Waals surface area contributed by atoms with Crippen molar-refractivity contribution in [2.45, 2.75) is 32.7 Å². The molecule has 1 aliphatic heterocycles. The number of nitrogens with one attached hydrogen (secondary N) is 2. The van der Waals surface area contributed by atoms with E-state index in [1.807, 2.05) is 13.0 Å². The van der Waals surface area contributed by atoms with Crippen LogP contribution in [0.25, 0.3) is 0 Å². The summed E-state index contributed by atoms with van der Waals surface area (Å²) in [4.78, 5) is 23.0. The molecule has 0 atom stereocenters. The zero-order valence-electron chi connectivity index (χ0n) is 14.6. The molecule has 2 aromatic rings. The molecule has 2 N–H and O–H groups in total. The van der Waals surface area contributed by atoms with Crippen LogP contribution in [0.15, 0.2) is 24.3 Å². The maximum Gasteiger partial charge on any atom is 0.319 e. The largest absolute Gasteiger partial charge is 0.357 e. The van der Waals surface area contributed by atoms with Crippen molar-refractivity contribution in [1.82, 2.24) is 15.3 Å². The topological polar surface area (TPSA) is 70.2 Å². The highest BCUT2D eigenvalue weighted by atomic mass is 19.1. The number of amides is 2. The van der Waals surface area contributed by atoms with E-state index in [1.54, 1.807) is 0 Å². The maximum atomic E-state index is 13.2. The first kappa shape index (κ1) is 18.0. The molecule has 1 saturated heterocycles. The molecule has 1 fully saturated rings. The summed E-state index contributed by atoms with van der Waals surface area (Å²) in [5, 5.41) is 5.00. The fourth-order valence-electron chi connectivity index (χ4n) is 2.94. The molecular weight excluding hydrogens is 340 g/mol. The van der Waals surface area contributed by atoms with Crippen LogP contribution in [0.4, 0.5) is 25.1 Å². The Kier molecular flexibility index (Phi) is 5.60. The fourth-order valence-corrected chi connectivity index (χ4v) is 2.94. The third kappa shape index (κ3) is 4.87. The molecule has 138 valence electrons. The zero-order valence-corrected chi connectivity index (χ0v) is 14.6. The maximum absolute atomic E-state index is 13.2. The van der Waals surface area contributed by atoms with Crippen LogP contribution >= 0.6 is 0 Å². The molecule has 3 rings (SSSR count). The highest BCUT2D eigenvalue weighted by Crippen LogP contribution is 2.18. The van der Waals surface area contributed by atoms with Gasteiger partial charge < -0.3 is 15.5 Å². The van der Waals surface area contributed by atoms with Crippen molar-refractivity contribution in [2.24, 2.45) is 0 Å². The molecule has 2 heterocycles. The molecule has 1 aliphatic rings. The third-order valence-corrected chi connectivity index (χ3v) is 4.09. The van der Waals surface area contributed by atoms with Crippen LogP contribution in [-0.2, 0) is 6.54 Å². The molecule has 6 nitrogen and oxygen atoms in total. The molecule has 0 saturated carbocycles. The minimum atomic E-state index is -0.756. The SMILES string of the molecule is Cc1cc(N2CCCCC2)nc(CNC(=O)Nc2cc(F)cc(F)c2)n1. The number of rotatable bonds is 4. The summed E-state index contributed by atoms with van der Waals surface area (Å²) in [5.41, 5.74) is 0.865. The molecule has 0 aliphatic carbocycles. The second kappa shape index (κ2) is 8.07. The Morgan fingerprint density at radius 1 is 1.08 bits per heavy atom. The van der Waals surface area contributed by atoms with Crippen LogP contribution in [0, 0.1) is 18.6 Å².